The predicted octanol–water partition coefficient (Wildman–Crippen LogP) is 4.21. The second kappa shape index (κ2) is 7.06. The molecule has 1 aromatic rings. The standard InChI is InChI=1S/C17H27BrN2/c1-12(2)14-7-9-20(10-8-14)17(13(3)19)15-5-4-6-16(18)11-15/h4-6,11-14,17H,7-10,19H2,1-3H3. The second-order valence-corrected chi connectivity index (χ2v) is 7.39. The highest BCUT2D eigenvalue weighted by Crippen LogP contribution is 2.32. The highest BCUT2D eigenvalue weighted by Gasteiger charge is 2.29. The molecule has 20 heavy (non-hydrogen) atoms. The monoisotopic (exact) mass is 338 g/mol. The fourth-order valence-electron chi connectivity index (χ4n) is 3.40. The first-order chi connectivity index (χ1) is 9.49. The molecule has 0 saturated carbocycles. The quantitative estimate of drug-likeness (QED) is 0.891. The molecule has 2 unspecified atom stereocenters. The van der Waals surface area contributed by atoms with Crippen molar-refractivity contribution in [2.75, 3.05) is 13.1 Å². The van der Waals surface area contributed by atoms with Gasteiger partial charge in [0, 0.05) is 16.6 Å². The molecule has 2 rings (SSSR count). The molecule has 0 bridgehead atoms. The molecule has 1 aliphatic heterocycles. The summed E-state index contributed by atoms with van der Waals surface area (Å²) in [5.41, 5.74) is 7.62. The number of halogens is 1. The van der Waals surface area contributed by atoms with E-state index in [0.29, 0.717) is 6.04 Å². The van der Waals surface area contributed by atoms with Gasteiger partial charge in [-0.1, -0.05) is 41.9 Å². The molecule has 3 heteroatoms. The molecule has 2 nitrogen and oxygen atoms in total. The van der Waals surface area contributed by atoms with Crippen LogP contribution in [0.15, 0.2) is 28.7 Å². The van der Waals surface area contributed by atoms with Gasteiger partial charge in [-0.25, -0.2) is 0 Å². The van der Waals surface area contributed by atoms with E-state index in [2.05, 4.69) is 65.9 Å². The lowest BCUT2D eigenvalue weighted by Gasteiger charge is -2.40. The molecule has 0 spiro atoms. The topological polar surface area (TPSA) is 29.3 Å². The van der Waals surface area contributed by atoms with Crippen LogP contribution in [0.1, 0.15) is 45.2 Å². The van der Waals surface area contributed by atoms with Crippen molar-refractivity contribution in [1.82, 2.24) is 4.90 Å². The van der Waals surface area contributed by atoms with E-state index in [1.54, 1.807) is 0 Å². The Morgan fingerprint density at radius 2 is 1.85 bits per heavy atom. The maximum atomic E-state index is 6.29. The molecule has 0 amide bonds. The molecule has 0 aromatic heterocycles. The van der Waals surface area contributed by atoms with E-state index >= 15 is 0 Å². The summed E-state index contributed by atoms with van der Waals surface area (Å²) in [6.07, 6.45) is 2.60. The van der Waals surface area contributed by atoms with Crippen LogP contribution >= 0.6 is 15.9 Å². The fraction of sp³-hybridized carbons (Fsp3) is 0.647. The van der Waals surface area contributed by atoms with Gasteiger partial charge in [-0.3, -0.25) is 4.90 Å². The lowest BCUT2D eigenvalue weighted by atomic mass is 9.85. The maximum Gasteiger partial charge on any atom is 0.0496 e. The van der Waals surface area contributed by atoms with Crippen molar-refractivity contribution >= 4 is 15.9 Å². The van der Waals surface area contributed by atoms with Gasteiger partial charge in [0.25, 0.3) is 0 Å². The summed E-state index contributed by atoms with van der Waals surface area (Å²) in [6, 6.07) is 9.08. The van der Waals surface area contributed by atoms with Crippen LogP contribution in [0.2, 0.25) is 0 Å². The van der Waals surface area contributed by atoms with E-state index in [9.17, 15) is 0 Å². The summed E-state index contributed by atoms with van der Waals surface area (Å²) in [7, 11) is 0. The van der Waals surface area contributed by atoms with Crippen LogP contribution in [0.4, 0.5) is 0 Å². The molecular formula is C17H27BrN2. The Hall–Kier alpha value is -0.380. The van der Waals surface area contributed by atoms with Crippen LogP contribution in [-0.2, 0) is 0 Å². The number of hydrogen-bond acceptors (Lipinski definition) is 2. The van der Waals surface area contributed by atoms with Crippen LogP contribution in [0, 0.1) is 11.8 Å². The summed E-state index contributed by atoms with van der Waals surface area (Å²) >= 11 is 3.57. The van der Waals surface area contributed by atoms with Gasteiger partial charge in [0.1, 0.15) is 0 Å². The number of likely N-dealkylation sites (tertiary alicyclic amines) is 1. The third-order valence-corrected chi connectivity index (χ3v) is 5.09. The largest absolute Gasteiger partial charge is 0.326 e. The molecule has 1 saturated heterocycles. The van der Waals surface area contributed by atoms with Crippen molar-refractivity contribution in [2.45, 2.75) is 45.7 Å². The van der Waals surface area contributed by atoms with Crippen LogP contribution in [-0.4, -0.2) is 24.0 Å². The lowest BCUT2D eigenvalue weighted by Crippen LogP contribution is -2.44. The number of benzene rings is 1. The van der Waals surface area contributed by atoms with Crippen LogP contribution < -0.4 is 5.73 Å². The summed E-state index contributed by atoms with van der Waals surface area (Å²) in [4.78, 5) is 2.57. The molecule has 0 radical (unpaired) electrons. The molecule has 1 heterocycles. The average molecular weight is 339 g/mol. The summed E-state index contributed by atoms with van der Waals surface area (Å²) in [6.45, 7) is 9.15. The fourth-order valence-corrected chi connectivity index (χ4v) is 3.82. The van der Waals surface area contributed by atoms with Gasteiger partial charge >= 0.3 is 0 Å². The highest BCUT2D eigenvalue weighted by atomic mass is 79.9. The Labute approximate surface area is 131 Å². The van der Waals surface area contributed by atoms with E-state index in [0.717, 1.165) is 16.3 Å². The van der Waals surface area contributed by atoms with Crippen LogP contribution in [0.3, 0.4) is 0 Å². The highest BCUT2D eigenvalue weighted by molar-refractivity contribution is 9.10. The number of nitrogens with two attached hydrogens (primary N) is 1. The first-order valence-electron chi connectivity index (χ1n) is 7.74. The molecule has 1 aromatic carbocycles. The van der Waals surface area contributed by atoms with Gasteiger partial charge in [-0.05, 0) is 62.4 Å². The molecular weight excluding hydrogens is 312 g/mol. The predicted molar refractivity (Wildman–Crippen MR) is 89.7 cm³/mol. The van der Waals surface area contributed by atoms with Gasteiger partial charge in [-0.15, -0.1) is 0 Å². The Bertz CT molecular complexity index is 423. The number of nitrogens with zero attached hydrogens (tertiary/aromatic N) is 1. The Kier molecular flexibility index (Phi) is 5.65. The Morgan fingerprint density at radius 3 is 2.35 bits per heavy atom. The van der Waals surface area contributed by atoms with Crippen molar-refractivity contribution in [3.8, 4) is 0 Å². The lowest BCUT2D eigenvalue weighted by molar-refractivity contribution is 0.103. The third-order valence-electron chi connectivity index (χ3n) is 4.60. The van der Waals surface area contributed by atoms with Crippen LogP contribution in [0.5, 0.6) is 0 Å². The molecule has 1 aliphatic rings. The van der Waals surface area contributed by atoms with Crippen LogP contribution in [0.25, 0.3) is 0 Å². The third kappa shape index (κ3) is 3.84. The normalized spacial score (nSPS) is 21.1. The van der Waals surface area contributed by atoms with Crippen molar-refractivity contribution in [2.24, 2.45) is 17.6 Å². The number of piperidine rings is 1. The van der Waals surface area contributed by atoms with E-state index < -0.39 is 0 Å². The van der Waals surface area contributed by atoms with Gasteiger partial charge in [0.05, 0.1) is 0 Å². The molecule has 2 atom stereocenters. The first kappa shape index (κ1) is 16.0. The second-order valence-electron chi connectivity index (χ2n) is 6.48. The smallest absolute Gasteiger partial charge is 0.0496 e. The van der Waals surface area contributed by atoms with E-state index in [-0.39, 0.29) is 6.04 Å². The minimum atomic E-state index is 0.153. The van der Waals surface area contributed by atoms with E-state index in [4.69, 9.17) is 5.73 Å². The van der Waals surface area contributed by atoms with Crippen molar-refractivity contribution < 1.29 is 0 Å². The van der Waals surface area contributed by atoms with E-state index in [1.165, 1.54) is 31.5 Å². The zero-order valence-electron chi connectivity index (χ0n) is 12.8. The molecule has 0 aliphatic carbocycles. The summed E-state index contributed by atoms with van der Waals surface area (Å²) < 4.78 is 1.14. The Morgan fingerprint density at radius 1 is 1.20 bits per heavy atom. The molecule has 2 N–H and O–H groups in total. The Balaban J connectivity index is 2.11. The zero-order chi connectivity index (χ0) is 14.7. The van der Waals surface area contributed by atoms with Gasteiger partial charge in [0.2, 0.25) is 0 Å². The van der Waals surface area contributed by atoms with Gasteiger partial charge in [-0.2, -0.15) is 0 Å². The van der Waals surface area contributed by atoms with Gasteiger partial charge in [0.15, 0.2) is 0 Å². The van der Waals surface area contributed by atoms with Crippen molar-refractivity contribution in [1.29, 1.82) is 0 Å². The minimum Gasteiger partial charge on any atom is -0.326 e. The average Bonchev–Trinajstić information content (AvgIpc) is 2.39. The first-order valence-corrected chi connectivity index (χ1v) is 8.53. The number of rotatable bonds is 4. The molecule has 112 valence electrons. The maximum absolute atomic E-state index is 6.29. The van der Waals surface area contributed by atoms with Crippen molar-refractivity contribution in [3.05, 3.63) is 34.3 Å². The summed E-state index contributed by atoms with van der Waals surface area (Å²) in [5.74, 6) is 1.68. The zero-order valence-corrected chi connectivity index (χ0v) is 14.4. The minimum absolute atomic E-state index is 0.153. The molecule has 1 fully saturated rings. The van der Waals surface area contributed by atoms with Gasteiger partial charge < -0.3 is 5.73 Å². The van der Waals surface area contributed by atoms with E-state index in [1.807, 2.05) is 0 Å². The SMILES string of the molecule is CC(C)C1CCN(C(c2cccc(Br)c2)C(C)N)CC1. The summed E-state index contributed by atoms with van der Waals surface area (Å²) in [5, 5.41) is 0. The number of hydrogen-bond donors (Lipinski definition) is 1. The van der Waals surface area contributed by atoms with Crippen molar-refractivity contribution in [3.63, 3.8) is 0 Å².